The number of halogens is 1. The summed E-state index contributed by atoms with van der Waals surface area (Å²) in [5, 5.41) is 0.350. The molecule has 0 spiro atoms. The monoisotopic (exact) mass is 608 g/mol. The molecule has 44 heavy (non-hydrogen) atoms. The van der Waals surface area contributed by atoms with Gasteiger partial charge in [-0.25, -0.2) is 16.8 Å². The van der Waals surface area contributed by atoms with Crippen molar-refractivity contribution in [3.63, 3.8) is 0 Å². The van der Waals surface area contributed by atoms with Crippen LogP contribution < -0.4 is 11.1 Å². The molecular formula is C34H29FN4O4S. The van der Waals surface area contributed by atoms with E-state index in [0.29, 0.717) is 44.6 Å². The predicted octanol–water partition coefficient (Wildman–Crippen LogP) is 5.74. The molecule has 2 aromatic carbocycles. The fourth-order valence-corrected chi connectivity index (χ4v) is 7.09. The lowest BCUT2D eigenvalue weighted by molar-refractivity contribution is 0.589. The van der Waals surface area contributed by atoms with E-state index < -0.39 is 21.4 Å². The van der Waals surface area contributed by atoms with Gasteiger partial charge < -0.3 is 9.13 Å². The van der Waals surface area contributed by atoms with Crippen LogP contribution in [0.1, 0.15) is 17.0 Å². The van der Waals surface area contributed by atoms with Gasteiger partial charge in [0.05, 0.1) is 10.6 Å². The molecule has 0 aliphatic heterocycles. The summed E-state index contributed by atoms with van der Waals surface area (Å²) >= 11 is 0. The highest BCUT2D eigenvalue weighted by Crippen LogP contribution is 2.39. The number of hydrogen-bond acceptors (Lipinski definition) is 5. The van der Waals surface area contributed by atoms with Crippen LogP contribution in [0.4, 0.5) is 4.39 Å². The first-order chi connectivity index (χ1) is 20.8. The largest absolute Gasteiger partial charge is 0.318 e. The number of nitrogens with zero attached hydrogens (tertiary/aromatic N) is 4. The van der Waals surface area contributed by atoms with E-state index in [2.05, 4.69) is 4.98 Å². The Kier molecular flexibility index (Phi) is 6.97. The minimum Gasteiger partial charge on any atom is -0.318 e. The van der Waals surface area contributed by atoms with Gasteiger partial charge >= 0.3 is 0 Å². The van der Waals surface area contributed by atoms with E-state index in [1.807, 2.05) is 20.8 Å². The van der Waals surface area contributed by atoms with Crippen LogP contribution in [-0.4, -0.2) is 26.5 Å². The van der Waals surface area contributed by atoms with Crippen molar-refractivity contribution in [1.82, 2.24) is 18.1 Å². The van der Waals surface area contributed by atoms with Crippen molar-refractivity contribution < 1.29 is 12.8 Å². The predicted molar refractivity (Wildman–Crippen MR) is 170 cm³/mol. The number of aromatic nitrogens is 4. The first kappa shape index (κ1) is 29.0. The summed E-state index contributed by atoms with van der Waals surface area (Å²) in [6.45, 7) is 5.49. The molecule has 0 aliphatic rings. The molecule has 0 bridgehead atoms. The van der Waals surface area contributed by atoms with Crippen LogP contribution in [0.15, 0.2) is 99.7 Å². The van der Waals surface area contributed by atoms with E-state index in [9.17, 15) is 22.4 Å². The summed E-state index contributed by atoms with van der Waals surface area (Å²) in [6, 6.07) is 19.0. The van der Waals surface area contributed by atoms with Crippen LogP contribution >= 0.6 is 0 Å². The average molecular weight is 609 g/mol. The Morgan fingerprint density at radius 1 is 0.705 bits per heavy atom. The summed E-state index contributed by atoms with van der Waals surface area (Å²) in [5.41, 5.74) is 4.41. The number of aryl methyl sites for hydroxylation is 5. The molecule has 10 heteroatoms. The molecule has 0 fully saturated rings. The molecule has 0 atom stereocenters. The molecule has 222 valence electrons. The third-order valence-corrected chi connectivity index (χ3v) is 9.43. The van der Waals surface area contributed by atoms with Crippen LogP contribution in [-0.2, 0) is 24.1 Å². The Balaban J connectivity index is 1.78. The molecule has 8 nitrogen and oxygen atoms in total. The number of pyridine rings is 3. The van der Waals surface area contributed by atoms with Crippen LogP contribution in [0.3, 0.4) is 0 Å². The van der Waals surface area contributed by atoms with Gasteiger partial charge in [0, 0.05) is 66.0 Å². The van der Waals surface area contributed by atoms with Crippen molar-refractivity contribution >= 4 is 20.9 Å². The number of fused-ring (bicyclic) bond motifs is 1. The molecule has 4 aromatic heterocycles. The van der Waals surface area contributed by atoms with Crippen LogP contribution in [0.25, 0.3) is 44.4 Å². The summed E-state index contributed by atoms with van der Waals surface area (Å²) in [7, 11) is -1.13. The summed E-state index contributed by atoms with van der Waals surface area (Å²) in [4.78, 5) is 31.4. The average Bonchev–Trinajstić information content (AvgIpc) is 3.39. The summed E-state index contributed by atoms with van der Waals surface area (Å²) in [6.07, 6.45) is 3.25. The van der Waals surface area contributed by atoms with Crippen molar-refractivity contribution in [2.45, 2.75) is 25.7 Å². The van der Waals surface area contributed by atoms with Gasteiger partial charge in [0.1, 0.15) is 11.3 Å². The normalized spacial score (nSPS) is 11.8. The molecule has 0 unspecified atom stereocenters. The maximum absolute atomic E-state index is 14.4. The topological polar surface area (TPSA) is 96.0 Å². The second-order valence-electron chi connectivity index (χ2n) is 11.0. The number of benzene rings is 2. The van der Waals surface area contributed by atoms with Gasteiger partial charge in [-0.3, -0.25) is 14.6 Å². The zero-order chi connectivity index (χ0) is 31.5. The maximum Gasteiger partial charge on any atom is 0.275 e. The van der Waals surface area contributed by atoms with Gasteiger partial charge in [0.25, 0.3) is 21.1 Å². The van der Waals surface area contributed by atoms with Gasteiger partial charge in [-0.15, -0.1) is 0 Å². The maximum atomic E-state index is 14.4. The molecule has 0 saturated carbocycles. The van der Waals surface area contributed by atoms with Gasteiger partial charge in [-0.2, -0.15) is 0 Å². The molecule has 6 aromatic rings. The van der Waals surface area contributed by atoms with Crippen molar-refractivity contribution in [2.75, 3.05) is 0 Å². The second-order valence-corrected chi connectivity index (χ2v) is 12.8. The second kappa shape index (κ2) is 10.6. The molecule has 0 N–H and O–H groups in total. The molecule has 6 rings (SSSR count). The number of rotatable bonds is 5. The zero-order valence-electron chi connectivity index (χ0n) is 24.8. The standard InChI is InChI=1S/C34H29FN4O4S/c1-20-6-12-26(13-7-20)44(42,43)39-31(24-14-21(2)36-22(3)15-24)16-28-30(19-38(5)34(41)33(28)39)27-17-32(40)37(4)18-29(27)23-8-10-25(35)11-9-23/h6-19H,1-5H3. The molecule has 4 heterocycles. The quantitative estimate of drug-likeness (QED) is 0.249. The lowest BCUT2D eigenvalue weighted by Crippen LogP contribution is -2.23. The highest BCUT2D eigenvalue weighted by atomic mass is 32.2. The zero-order valence-corrected chi connectivity index (χ0v) is 25.6. The first-order valence-electron chi connectivity index (χ1n) is 13.8. The smallest absolute Gasteiger partial charge is 0.275 e. The molecule has 0 aliphatic carbocycles. The van der Waals surface area contributed by atoms with Gasteiger partial charge in [-0.1, -0.05) is 29.8 Å². The lowest BCUT2D eigenvalue weighted by Gasteiger charge is -2.15. The van der Waals surface area contributed by atoms with E-state index in [1.54, 1.807) is 69.0 Å². The Morgan fingerprint density at radius 2 is 1.32 bits per heavy atom. The Labute approximate surface area is 253 Å². The fraction of sp³-hybridized carbons (Fsp3) is 0.147. The van der Waals surface area contributed by atoms with Crippen LogP contribution in [0.2, 0.25) is 0 Å². The lowest BCUT2D eigenvalue weighted by atomic mass is 9.95. The Hall–Kier alpha value is -5.09. The van der Waals surface area contributed by atoms with Gasteiger partial charge in [0.2, 0.25) is 0 Å². The molecule has 0 amide bonds. The highest BCUT2D eigenvalue weighted by Gasteiger charge is 2.28. The van der Waals surface area contributed by atoms with E-state index in [-0.39, 0.29) is 21.7 Å². The van der Waals surface area contributed by atoms with Gasteiger partial charge in [-0.05, 0) is 74.4 Å². The minimum atomic E-state index is -4.29. The van der Waals surface area contributed by atoms with Crippen molar-refractivity contribution in [1.29, 1.82) is 0 Å². The molecule has 0 radical (unpaired) electrons. The van der Waals surface area contributed by atoms with Crippen molar-refractivity contribution in [3.05, 3.63) is 129 Å². The minimum absolute atomic E-state index is 0.0254. The molecule has 0 saturated heterocycles. The third-order valence-electron chi connectivity index (χ3n) is 7.70. The van der Waals surface area contributed by atoms with E-state index in [1.165, 1.54) is 39.5 Å². The SMILES string of the molecule is Cc1ccc(S(=O)(=O)n2c(-c3cc(C)nc(C)c3)cc3c(-c4cc(=O)n(C)cc4-c4ccc(F)cc4)cn(C)c(=O)c32)cc1. The molecular weight excluding hydrogens is 579 g/mol. The third kappa shape index (κ3) is 4.87. The van der Waals surface area contributed by atoms with E-state index >= 15 is 0 Å². The first-order valence-corrected chi connectivity index (χ1v) is 15.3. The fourth-order valence-electron chi connectivity index (χ4n) is 5.56. The van der Waals surface area contributed by atoms with E-state index in [0.717, 1.165) is 9.54 Å². The highest BCUT2D eigenvalue weighted by molar-refractivity contribution is 7.90. The van der Waals surface area contributed by atoms with Crippen LogP contribution in [0, 0.1) is 26.6 Å². The Morgan fingerprint density at radius 3 is 1.95 bits per heavy atom. The number of hydrogen-bond donors (Lipinski definition) is 0. The Bertz CT molecular complexity index is 2310. The van der Waals surface area contributed by atoms with E-state index in [4.69, 9.17) is 0 Å². The van der Waals surface area contributed by atoms with Crippen molar-refractivity contribution in [2.24, 2.45) is 14.1 Å². The van der Waals surface area contributed by atoms with Crippen LogP contribution in [0.5, 0.6) is 0 Å². The summed E-state index contributed by atoms with van der Waals surface area (Å²) in [5.74, 6) is -0.407. The van der Waals surface area contributed by atoms with Crippen molar-refractivity contribution in [3.8, 4) is 33.5 Å². The van der Waals surface area contributed by atoms with Gasteiger partial charge in [0.15, 0.2) is 0 Å². The summed E-state index contributed by atoms with van der Waals surface area (Å²) < 4.78 is 46.5.